The van der Waals surface area contributed by atoms with Crippen LogP contribution in [-0.4, -0.2) is 16.8 Å². The maximum Gasteiger partial charge on any atom is 0.242 e. The second-order valence-electron chi connectivity index (χ2n) is 7.26. The maximum absolute atomic E-state index is 13.0. The minimum Gasteiger partial charge on any atom is -0.512 e. The van der Waals surface area contributed by atoms with Crippen molar-refractivity contribution in [1.29, 1.82) is 10.5 Å². The summed E-state index contributed by atoms with van der Waals surface area (Å²) in [6.45, 7) is 3.69. The Morgan fingerprint density at radius 3 is 2.40 bits per heavy atom. The van der Waals surface area contributed by atoms with E-state index < -0.39 is 28.4 Å². The highest BCUT2D eigenvalue weighted by Gasteiger charge is 2.60. The Morgan fingerprint density at radius 1 is 1.16 bits per heavy atom. The number of benzene rings is 1. The molecule has 2 aliphatic rings. The zero-order valence-electron chi connectivity index (χ0n) is 14.0. The van der Waals surface area contributed by atoms with Crippen LogP contribution in [0.25, 0.3) is 0 Å². The monoisotopic (exact) mass is 335 g/mol. The zero-order valence-corrected chi connectivity index (χ0v) is 14.0. The van der Waals surface area contributed by atoms with Crippen LogP contribution in [0.15, 0.2) is 35.6 Å². The van der Waals surface area contributed by atoms with E-state index in [-0.39, 0.29) is 24.2 Å². The topological polar surface area (TPSA) is 114 Å². The summed E-state index contributed by atoms with van der Waals surface area (Å²) in [7, 11) is 0. The molecule has 0 bridgehead atoms. The summed E-state index contributed by atoms with van der Waals surface area (Å²) in [5, 5.41) is 32.4. The van der Waals surface area contributed by atoms with Crippen molar-refractivity contribution in [1.82, 2.24) is 0 Å². The van der Waals surface area contributed by atoms with Gasteiger partial charge in [-0.1, -0.05) is 32.0 Å². The molecule has 1 aliphatic carbocycles. The maximum atomic E-state index is 13.0. The van der Waals surface area contributed by atoms with Gasteiger partial charge in [-0.25, -0.2) is 0 Å². The number of allylic oxidation sites excluding steroid dienone is 1. The SMILES string of the molecule is CC1(C)CC(=O)C(C2(C(C#N)C#N)C(=O)Nc3ccccc32)=C(O)C1. The Kier molecular flexibility index (Phi) is 3.65. The van der Waals surface area contributed by atoms with Crippen LogP contribution in [0.1, 0.15) is 32.3 Å². The lowest BCUT2D eigenvalue weighted by atomic mass is 9.61. The van der Waals surface area contributed by atoms with Crippen molar-refractivity contribution >= 4 is 17.4 Å². The molecule has 0 radical (unpaired) electrons. The van der Waals surface area contributed by atoms with Crippen LogP contribution in [0.3, 0.4) is 0 Å². The first-order chi connectivity index (χ1) is 11.8. The van der Waals surface area contributed by atoms with Gasteiger partial charge in [0.2, 0.25) is 5.91 Å². The van der Waals surface area contributed by atoms with Crippen molar-refractivity contribution in [2.75, 3.05) is 5.32 Å². The number of fused-ring (bicyclic) bond motifs is 1. The van der Waals surface area contributed by atoms with Gasteiger partial charge < -0.3 is 10.4 Å². The van der Waals surface area contributed by atoms with Crippen LogP contribution in [0.5, 0.6) is 0 Å². The Morgan fingerprint density at radius 2 is 1.80 bits per heavy atom. The molecule has 1 unspecified atom stereocenters. The second-order valence-corrected chi connectivity index (χ2v) is 7.26. The zero-order chi connectivity index (χ0) is 18.4. The number of carbonyl (C=O) groups is 2. The van der Waals surface area contributed by atoms with Gasteiger partial charge in [-0.15, -0.1) is 0 Å². The molecule has 1 aromatic rings. The predicted molar refractivity (Wildman–Crippen MR) is 89.1 cm³/mol. The molecule has 1 amide bonds. The van der Waals surface area contributed by atoms with Crippen LogP contribution in [-0.2, 0) is 15.0 Å². The Balaban J connectivity index is 2.37. The number of aliphatic hydroxyl groups excluding tert-OH is 1. The quantitative estimate of drug-likeness (QED) is 0.862. The van der Waals surface area contributed by atoms with Crippen molar-refractivity contribution in [3.63, 3.8) is 0 Å². The van der Waals surface area contributed by atoms with E-state index >= 15 is 0 Å². The standard InChI is InChI=1S/C19H17N3O3/c1-18(2)7-14(23)16(15(24)8-18)19(11(9-20)10-21)12-5-3-4-6-13(12)22-17(19)25/h3-6,11,23H,7-8H2,1-2H3,(H,22,25). The third-order valence-corrected chi connectivity index (χ3v) is 4.90. The number of hydrogen-bond acceptors (Lipinski definition) is 5. The molecular weight excluding hydrogens is 318 g/mol. The average molecular weight is 335 g/mol. The van der Waals surface area contributed by atoms with Crippen molar-refractivity contribution in [2.24, 2.45) is 11.3 Å². The van der Waals surface area contributed by atoms with Crippen LogP contribution in [0, 0.1) is 34.0 Å². The van der Waals surface area contributed by atoms with Gasteiger partial charge in [-0.05, 0) is 17.0 Å². The van der Waals surface area contributed by atoms with Crippen molar-refractivity contribution < 1.29 is 14.7 Å². The first-order valence-corrected chi connectivity index (χ1v) is 7.94. The summed E-state index contributed by atoms with van der Waals surface area (Å²) >= 11 is 0. The molecule has 0 saturated carbocycles. The van der Waals surface area contributed by atoms with Gasteiger partial charge in [-0.2, -0.15) is 10.5 Å². The molecule has 1 heterocycles. The summed E-state index contributed by atoms with van der Waals surface area (Å²) in [4.78, 5) is 25.8. The molecule has 1 atom stereocenters. The highest BCUT2D eigenvalue weighted by Crippen LogP contribution is 2.52. The number of Topliss-reactive ketones (excluding diaryl/α,β-unsaturated/α-hetero) is 1. The van der Waals surface area contributed by atoms with E-state index in [2.05, 4.69) is 5.32 Å². The van der Waals surface area contributed by atoms with E-state index in [4.69, 9.17) is 0 Å². The fourth-order valence-corrected chi connectivity index (χ4v) is 3.92. The molecule has 0 spiro atoms. The number of amides is 1. The lowest BCUT2D eigenvalue weighted by molar-refractivity contribution is -0.125. The molecule has 1 aliphatic heterocycles. The van der Waals surface area contributed by atoms with E-state index in [1.165, 1.54) is 0 Å². The first-order valence-electron chi connectivity index (χ1n) is 7.94. The fourth-order valence-electron chi connectivity index (χ4n) is 3.92. The van der Waals surface area contributed by atoms with E-state index in [1.54, 1.807) is 24.3 Å². The van der Waals surface area contributed by atoms with Crippen molar-refractivity contribution in [2.45, 2.75) is 32.1 Å². The summed E-state index contributed by atoms with van der Waals surface area (Å²) < 4.78 is 0. The number of anilines is 1. The molecule has 0 aromatic heterocycles. The molecule has 126 valence electrons. The number of nitrogens with zero attached hydrogens (tertiary/aromatic N) is 2. The van der Waals surface area contributed by atoms with E-state index in [1.807, 2.05) is 26.0 Å². The summed E-state index contributed by atoms with van der Waals surface area (Å²) in [6, 6.07) is 10.3. The van der Waals surface area contributed by atoms with Gasteiger partial charge in [0.05, 0.1) is 17.7 Å². The number of rotatable bonds is 2. The normalized spacial score (nSPS) is 24.5. The number of nitriles is 2. The van der Waals surface area contributed by atoms with Crippen LogP contribution in [0.4, 0.5) is 5.69 Å². The first kappa shape index (κ1) is 16.7. The molecule has 25 heavy (non-hydrogen) atoms. The number of para-hydroxylation sites is 1. The van der Waals surface area contributed by atoms with Crippen molar-refractivity contribution in [3.05, 3.63) is 41.2 Å². The summed E-state index contributed by atoms with van der Waals surface area (Å²) in [6.07, 6.45) is 0.335. The Bertz CT molecular complexity index is 887. The van der Waals surface area contributed by atoms with Gasteiger partial charge in [0.25, 0.3) is 0 Å². The summed E-state index contributed by atoms with van der Waals surface area (Å²) in [5.74, 6) is -2.69. The van der Waals surface area contributed by atoms with Crippen LogP contribution < -0.4 is 5.32 Å². The van der Waals surface area contributed by atoms with Gasteiger partial charge in [-0.3, -0.25) is 9.59 Å². The number of nitrogens with one attached hydrogen (secondary N) is 1. The fraction of sp³-hybridized carbons (Fsp3) is 0.368. The molecule has 2 N–H and O–H groups in total. The molecule has 1 aromatic carbocycles. The third kappa shape index (κ3) is 2.22. The number of ketones is 1. The third-order valence-electron chi connectivity index (χ3n) is 4.90. The van der Waals surface area contributed by atoms with E-state index in [0.717, 1.165) is 0 Å². The number of carbonyl (C=O) groups excluding carboxylic acids is 2. The highest BCUT2D eigenvalue weighted by atomic mass is 16.3. The minimum atomic E-state index is -1.81. The largest absolute Gasteiger partial charge is 0.512 e. The Labute approximate surface area is 145 Å². The molecule has 6 nitrogen and oxygen atoms in total. The average Bonchev–Trinajstić information content (AvgIpc) is 2.80. The highest BCUT2D eigenvalue weighted by molar-refractivity contribution is 6.16. The smallest absolute Gasteiger partial charge is 0.242 e. The van der Waals surface area contributed by atoms with E-state index in [9.17, 15) is 25.2 Å². The summed E-state index contributed by atoms with van der Waals surface area (Å²) in [5.41, 5.74) is -1.56. The van der Waals surface area contributed by atoms with Gasteiger partial charge in [0, 0.05) is 18.5 Å². The molecule has 0 saturated heterocycles. The molecule has 0 fully saturated rings. The van der Waals surface area contributed by atoms with Crippen LogP contribution >= 0.6 is 0 Å². The number of hydrogen-bond donors (Lipinski definition) is 2. The number of aliphatic hydroxyl groups is 1. The molecule has 6 heteroatoms. The van der Waals surface area contributed by atoms with Crippen LogP contribution in [0.2, 0.25) is 0 Å². The van der Waals surface area contributed by atoms with Gasteiger partial charge in [0.15, 0.2) is 11.7 Å². The van der Waals surface area contributed by atoms with Crippen molar-refractivity contribution in [3.8, 4) is 12.1 Å². The minimum absolute atomic E-state index is 0.123. The van der Waals surface area contributed by atoms with Gasteiger partial charge >= 0.3 is 0 Å². The van der Waals surface area contributed by atoms with Gasteiger partial charge in [0.1, 0.15) is 11.2 Å². The second kappa shape index (κ2) is 5.46. The molecule has 3 rings (SSSR count). The molecular formula is C19H17N3O3. The lowest BCUT2D eigenvalue weighted by Crippen LogP contribution is -2.47. The predicted octanol–water partition coefficient (Wildman–Crippen LogP) is 2.74. The lowest BCUT2D eigenvalue weighted by Gasteiger charge is -2.37. The Hall–Kier alpha value is -3.12. The van der Waals surface area contributed by atoms with E-state index in [0.29, 0.717) is 11.3 Å².